The molecule has 0 unspecified atom stereocenters. The van der Waals surface area contributed by atoms with Crippen molar-refractivity contribution >= 4 is 22.6 Å². The van der Waals surface area contributed by atoms with Crippen LogP contribution in [0.3, 0.4) is 0 Å². The van der Waals surface area contributed by atoms with E-state index in [1.165, 1.54) is 12.1 Å². The molecule has 172 valence electrons. The number of nitrogens with one attached hydrogen (secondary N) is 1. The van der Waals surface area contributed by atoms with Crippen LogP contribution in [0.15, 0.2) is 54.6 Å². The summed E-state index contributed by atoms with van der Waals surface area (Å²) in [5, 5.41) is 13.9. The van der Waals surface area contributed by atoms with Gasteiger partial charge in [0.25, 0.3) is 5.91 Å². The predicted octanol–water partition coefficient (Wildman–Crippen LogP) is 5.07. The minimum Gasteiger partial charge on any atom is -0.487 e. The van der Waals surface area contributed by atoms with Gasteiger partial charge in [-0.25, -0.2) is 4.79 Å². The van der Waals surface area contributed by atoms with Gasteiger partial charge >= 0.3 is 12.6 Å². The molecule has 0 aliphatic heterocycles. The van der Waals surface area contributed by atoms with E-state index >= 15 is 0 Å². The van der Waals surface area contributed by atoms with Crippen LogP contribution < -0.4 is 14.8 Å². The molecule has 8 heteroatoms. The standard InChI is InChI=1S/C25H23F2NO5/c1-15-13-20(22(29)28-25(23(30)31)11-4-12-25)21(19-6-3-2-5-18(15)19)32-14-16-7-9-17(10-8-16)33-24(26)27/h2-3,5-10,13,24H,4,11-12,14H2,1H3,(H,28,29)(H,30,31). The summed E-state index contributed by atoms with van der Waals surface area (Å²) in [5.74, 6) is -1.19. The number of fused-ring (bicyclic) bond motifs is 1. The highest BCUT2D eigenvalue weighted by Gasteiger charge is 2.46. The molecule has 0 atom stereocenters. The van der Waals surface area contributed by atoms with E-state index in [0.29, 0.717) is 24.2 Å². The molecule has 1 aliphatic rings. The molecule has 33 heavy (non-hydrogen) atoms. The van der Waals surface area contributed by atoms with Crippen LogP contribution in [0.25, 0.3) is 10.8 Å². The molecule has 0 spiro atoms. The average molecular weight is 455 g/mol. The molecule has 1 amide bonds. The second kappa shape index (κ2) is 9.05. The van der Waals surface area contributed by atoms with E-state index in [4.69, 9.17) is 4.74 Å². The SMILES string of the molecule is Cc1cc(C(=O)NC2(C(=O)O)CCC2)c(OCc2ccc(OC(F)F)cc2)c2ccccc12. The van der Waals surface area contributed by atoms with Crippen LogP contribution in [0.5, 0.6) is 11.5 Å². The number of ether oxygens (including phenoxy) is 2. The number of halogens is 2. The summed E-state index contributed by atoms with van der Waals surface area (Å²) in [6.45, 7) is -0.954. The van der Waals surface area contributed by atoms with E-state index in [-0.39, 0.29) is 17.9 Å². The molecule has 0 bridgehead atoms. The first-order valence-corrected chi connectivity index (χ1v) is 10.5. The van der Waals surface area contributed by atoms with Gasteiger partial charge in [0.2, 0.25) is 0 Å². The number of aliphatic carboxylic acids is 1. The molecule has 1 aliphatic carbocycles. The number of alkyl halides is 2. The van der Waals surface area contributed by atoms with Crippen molar-refractivity contribution in [2.24, 2.45) is 0 Å². The second-order valence-corrected chi connectivity index (χ2v) is 8.12. The van der Waals surface area contributed by atoms with Gasteiger partial charge in [0.05, 0.1) is 5.56 Å². The van der Waals surface area contributed by atoms with Crippen molar-refractivity contribution < 1.29 is 33.0 Å². The van der Waals surface area contributed by atoms with Gasteiger partial charge in [-0.3, -0.25) is 4.79 Å². The van der Waals surface area contributed by atoms with Gasteiger partial charge in [0.15, 0.2) is 0 Å². The third kappa shape index (κ3) is 4.60. The number of benzene rings is 3. The Bertz CT molecular complexity index is 1190. The number of rotatable bonds is 8. The monoisotopic (exact) mass is 455 g/mol. The van der Waals surface area contributed by atoms with Crippen LogP contribution in [0, 0.1) is 6.92 Å². The van der Waals surface area contributed by atoms with Crippen LogP contribution in [0.2, 0.25) is 0 Å². The zero-order chi connectivity index (χ0) is 23.6. The molecule has 3 aromatic carbocycles. The Labute approximate surface area is 189 Å². The van der Waals surface area contributed by atoms with Crippen molar-refractivity contribution in [1.29, 1.82) is 0 Å². The number of carboxylic acid groups (broad SMARTS) is 1. The summed E-state index contributed by atoms with van der Waals surface area (Å²) in [6, 6.07) is 15.2. The van der Waals surface area contributed by atoms with E-state index in [2.05, 4.69) is 10.1 Å². The maximum absolute atomic E-state index is 13.2. The normalized spacial score (nSPS) is 14.5. The summed E-state index contributed by atoms with van der Waals surface area (Å²) >= 11 is 0. The summed E-state index contributed by atoms with van der Waals surface area (Å²) in [6.07, 6.45) is 1.49. The zero-order valence-corrected chi connectivity index (χ0v) is 17.9. The molecule has 0 heterocycles. The zero-order valence-electron chi connectivity index (χ0n) is 17.9. The van der Waals surface area contributed by atoms with Gasteiger partial charge in [-0.1, -0.05) is 36.4 Å². The fourth-order valence-electron chi connectivity index (χ4n) is 3.98. The van der Waals surface area contributed by atoms with Crippen LogP contribution >= 0.6 is 0 Å². The van der Waals surface area contributed by atoms with E-state index < -0.39 is 24.0 Å². The topological polar surface area (TPSA) is 84.9 Å². The van der Waals surface area contributed by atoms with Crippen molar-refractivity contribution in [3.8, 4) is 11.5 Å². The van der Waals surface area contributed by atoms with Crippen LogP contribution in [0.4, 0.5) is 8.78 Å². The first-order valence-electron chi connectivity index (χ1n) is 10.5. The van der Waals surface area contributed by atoms with Gasteiger partial charge in [-0.2, -0.15) is 8.78 Å². The number of amides is 1. The minimum absolute atomic E-state index is 0.0362. The maximum Gasteiger partial charge on any atom is 0.387 e. The third-order valence-electron chi connectivity index (χ3n) is 5.95. The number of hydrogen-bond acceptors (Lipinski definition) is 4. The molecule has 0 saturated heterocycles. The van der Waals surface area contributed by atoms with E-state index in [1.807, 2.05) is 31.2 Å². The lowest BCUT2D eigenvalue weighted by molar-refractivity contribution is -0.148. The first kappa shape index (κ1) is 22.5. The maximum atomic E-state index is 13.2. The lowest BCUT2D eigenvalue weighted by Gasteiger charge is -2.38. The summed E-state index contributed by atoms with van der Waals surface area (Å²) in [5.41, 5.74) is 0.536. The Balaban J connectivity index is 1.65. The summed E-state index contributed by atoms with van der Waals surface area (Å²) in [7, 11) is 0. The highest BCUT2D eigenvalue weighted by Crippen LogP contribution is 2.36. The number of aryl methyl sites for hydroxylation is 1. The highest BCUT2D eigenvalue weighted by atomic mass is 19.3. The molecule has 6 nitrogen and oxygen atoms in total. The quantitative estimate of drug-likeness (QED) is 0.496. The van der Waals surface area contributed by atoms with E-state index in [1.54, 1.807) is 18.2 Å². The molecule has 3 aromatic rings. The third-order valence-corrected chi connectivity index (χ3v) is 5.95. The van der Waals surface area contributed by atoms with Gasteiger partial charge in [0.1, 0.15) is 23.6 Å². The Hall–Kier alpha value is -3.68. The summed E-state index contributed by atoms with van der Waals surface area (Å²) in [4.78, 5) is 24.9. The molecular weight excluding hydrogens is 432 g/mol. The average Bonchev–Trinajstić information content (AvgIpc) is 2.76. The smallest absolute Gasteiger partial charge is 0.387 e. The van der Waals surface area contributed by atoms with Crippen LogP contribution in [-0.4, -0.2) is 29.1 Å². The number of hydrogen-bond donors (Lipinski definition) is 2. The van der Waals surface area contributed by atoms with Crippen molar-refractivity contribution in [1.82, 2.24) is 5.32 Å². The van der Waals surface area contributed by atoms with Gasteiger partial charge in [-0.05, 0) is 60.9 Å². The largest absolute Gasteiger partial charge is 0.487 e. The molecule has 0 aromatic heterocycles. The fraction of sp³-hybridized carbons (Fsp3) is 0.280. The van der Waals surface area contributed by atoms with Crippen molar-refractivity contribution in [2.75, 3.05) is 0 Å². The lowest BCUT2D eigenvalue weighted by Crippen LogP contribution is -2.59. The van der Waals surface area contributed by atoms with Crippen LogP contribution in [0.1, 0.15) is 40.7 Å². The predicted molar refractivity (Wildman–Crippen MR) is 118 cm³/mol. The molecule has 4 rings (SSSR count). The van der Waals surface area contributed by atoms with Crippen LogP contribution in [-0.2, 0) is 11.4 Å². The molecule has 0 radical (unpaired) electrons. The first-order chi connectivity index (χ1) is 15.8. The number of carbonyl (C=O) groups is 2. The number of carbonyl (C=O) groups excluding carboxylic acids is 1. The minimum atomic E-state index is -2.91. The molecule has 1 fully saturated rings. The van der Waals surface area contributed by atoms with Gasteiger partial charge in [0, 0.05) is 5.39 Å². The van der Waals surface area contributed by atoms with Gasteiger partial charge < -0.3 is 19.9 Å². The van der Waals surface area contributed by atoms with Crippen molar-refractivity contribution in [3.63, 3.8) is 0 Å². The lowest BCUT2D eigenvalue weighted by atomic mass is 9.76. The Morgan fingerprint density at radius 2 is 1.76 bits per heavy atom. The molecule has 2 N–H and O–H groups in total. The van der Waals surface area contributed by atoms with Crippen molar-refractivity contribution in [3.05, 3.63) is 71.3 Å². The van der Waals surface area contributed by atoms with Crippen molar-refractivity contribution in [2.45, 2.75) is 44.9 Å². The Kier molecular flexibility index (Phi) is 6.18. The summed E-state index contributed by atoms with van der Waals surface area (Å²) < 4.78 is 35.2. The Morgan fingerprint density at radius 3 is 2.33 bits per heavy atom. The number of carboxylic acids is 1. The second-order valence-electron chi connectivity index (χ2n) is 8.12. The molecular formula is C25H23F2NO5. The van der Waals surface area contributed by atoms with Gasteiger partial charge in [-0.15, -0.1) is 0 Å². The highest BCUT2D eigenvalue weighted by molar-refractivity contribution is 6.06. The Morgan fingerprint density at radius 1 is 1.09 bits per heavy atom. The van der Waals surface area contributed by atoms with E-state index in [9.17, 15) is 23.5 Å². The fourth-order valence-corrected chi connectivity index (χ4v) is 3.98. The van der Waals surface area contributed by atoms with E-state index in [0.717, 1.165) is 22.8 Å². The molecule has 1 saturated carbocycles.